The molecule has 2 aromatic heterocycles. The molecule has 130 valence electrons. The van der Waals surface area contributed by atoms with Crippen molar-refractivity contribution >= 4 is 16.9 Å². The highest BCUT2D eigenvalue weighted by molar-refractivity contribution is 5.94. The molecule has 7 heteroatoms. The van der Waals surface area contributed by atoms with Crippen LogP contribution >= 0.6 is 0 Å². The Bertz CT molecular complexity index is 1060. The third-order valence-corrected chi connectivity index (χ3v) is 4.16. The summed E-state index contributed by atoms with van der Waals surface area (Å²) < 4.78 is 9.17. The van der Waals surface area contributed by atoms with Crippen LogP contribution in [0.3, 0.4) is 0 Å². The molecule has 0 bridgehead atoms. The molecule has 0 saturated carbocycles. The molecule has 0 unspecified atom stereocenters. The van der Waals surface area contributed by atoms with E-state index in [1.165, 1.54) is 11.6 Å². The van der Waals surface area contributed by atoms with Gasteiger partial charge in [-0.05, 0) is 12.5 Å². The monoisotopic (exact) mass is 341 g/mol. The Kier molecular flexibility index (Phi) is 4.31. The van der Waals surface area contributed by atoms with E-state index in [1.54, 1.807) is 24.7 Å². The number of hydrogen-bond acceptors (Lipinski definition) is 4. The van der Waals surface area contributed by atoms with Gasteiger partial charge in [0.15, 0.2) is 0 Å². The highest BCUT2D eigenvalue weighted by atomic mass is 16.5. The average Bonchev–Trinajstić information content (AvgIpc) is 2.98. The zero-order valence-electron chi connectivity index (χ0n) is 14.4. The molecule has 2 heterocycles. The maximum absolute atomic E-state index is 12.7. The Labute approximate surface area is 143 Å². The van der Waals surface area contributed by atoms with E-state index in [1.807, 2.05) is 30.3 Å². The summed E-state index contributed by atoms with van der Waals surface area (Å²) in [6.45, 7) is 1.98. The van der Waals surface area contributed by atoms with Crippen LogP contribution in [0.15, 0.2) is 46.1 Å². The number of benzene rings is 1. The molecule has 1 aromatic carbocycles. The van der Waals surface area contributed by atoms with Crippen molar-refractivity contribution in [3.05, 3.63) is 57.4 Å². The number of ether oxygens (including phenoxy) is 1. The molecule has 0 aliphatic rings. The van der Waals surface area contributed by atoms with Gasteiger partial charge in [0, 0.05) is 20.3 Å². The minimum Gasteiger partial charge on any atom is -0.465 e. The second-order valence-corrected chi connectivity index (χ2v) is 5.74. The number of rotatable bonds is 4. The molecule has 0 radical (unpaired) electrons. The van der Waals surface area contributed by atoms with Gasteiger partial charge in [-0.1, -0.05) is 30.3 Å². The van der Waals surface area contributed by atoms with Crippen LogP contribution in [-0.2, 0) is 30.2 Å². The number of aryl methyl sites for hydroxylation is 1. The van der Waals surface area contributed by atoms with Crippen molar-refractivity contribution in [1.29, 1.82) is 0 Å². The van der Waals surface area contributed by atoms with E-state index in [0.29, 0.717) is 16.6 Å². The SMILES string of the molecule is CCOC(=O)Cn1cc2c(c1-c1ccccc1)c(=O)n(C)c(=O)n2C. The fourth-order valence-corrected chi connectivity index (χ4v) is 2.97. The van der Waals surface area contributed by atoms with Crippen molar-refractivity contribution in [2.45, 2.75) is 13.5 Å². The van der Waals surface area contributed by atoms with Gasteiger partial charge >= 0.3 is 11.7 Å². The van der Waals surface area contributed by atoms with Gasteiger partial charge in [-0.3, -0.25) is 18.7 Å². The van der Waals surface area contributed by atoms with Crippen LogP contribution in [0.25, 0.3) is 22.2 Å². The van der Waals surface area contributed by atoms with Crippen molar-refractivity contribution in [3.63, 3.8) is 0 Å². The maximum Gasteiger partial charge on any atom is 0.330 e. The first-order valence-electron chi connectivity index (χ1n) is 7.95. The lowest BCUT2D eigenvalue weighted by molar-refractivity contribution is -0.143. The zero-order valence-corrected chi connectivity index (χ0v) is 14.4. The zero-order chi connectivity index (χ0) is 18.1. The number of carbonyl (C=O) groups is 1. The second-order valence-electron chi connectivity index (χ2n) is 5.74. The average molecular weight is 341 g/mol. The van der Waals surface area contributed by atoms with E-state index in [0.717, 1.165) is 10.1 Å². The standard InChI is InChI=1S/C18H19N3O4/c1-4-25-14(22)11-21-10-13-15(16(21)12-8-6-5-7-9-12)17(23)20(3)18(24)19(13)2/h5-10H,4,11H2,1-3H3. The summed E-state index contributed by atoms with van der Waals surface area (Å²) in [6.07, 6.45) is 1.65. The molecule has 0 amide bonds. The maximum atomic E-state index is 12.7. The third-order valence-electron chi connectivity index (χ3n) is 4.16. The lowest BCUT2D eigenvalue weighted by atomic mass is 10.1. The molecule has 3 rings (SSSR count). The first-order valence-corrected chi connectivity index (χ1v) is 7.95. The summed E-state index contributed by atoms with van der Waals surface area (Å²) >= 11 is 0. The normalized spacial score (nSPS) is 11.0. The lowest BCUT2D eigenvalue weighted by Crippen LogP contribution is -2.36. The van der Waals surface area contributed by atoms with E-state index in [4.69, 9.17) is 4.74 Å². The minimum absolute atomic E-state index is 0.0376. The Morgan fingerprint density at radius 2 is 1.76 bits per heavy atom. The molecule has 3 aromatic rings. The number of hydrogen-bond donors (Lipinski definition) is 0. The Hall–Kier alpha value is -3.09. The van der Waals surface area contributed by atoms with Gasteiger partial charge < -0.3 is 9.30 Å². The van der Waals surface area contributed by atoms with Gasteiger partial charge in [-0.15, -0.1) is 0 Å². The number of aromatic nitrogens is 3. The predicted molar refractivity (Wildman–Crippen MR) is 94.5 cm³/mol. The third kappa shape index (κ3) is 2.77. The molecule has 7 nitrogen and oxygen atoms in total. The summed E-state index contributed by atoms with van der Waals surface area (Å²) in [5.74, 6) is -0.401. The first kappa shape index (κ1) is 16.8. The molecular weight excluding hydrogens is 322 g/mol. The fourth-order valence-electron chi connectivity index (χ4n) is 2.97. The fraction of sp³-hybridized carbons (Fsp3) is 0.278. The number of esters is 1. The van der Waals surface area contributed by atoms with Gasteiger partial charge in [-0.25, -0.2) is 4.79 Å². The first-order chi connectivity index (χ1) is 12.0. The van der Waals surface area contributed by atoms with Crippen molar-refractivity contribution in [1.82, 2.24) is 13.7 Å². The minimum atomic E-state index is -0.412. The van der Waals surface area contributed by atoms with Gasteiger partial charge in [0.05, 0.1) is 23.2 Å². The summed E-state index contributed by atoms with van der Waals surface area (Å²) in [5.41, 5.74) is 1.07. The molecule has 0 spiro atoms. The highest BCUT2D eigenvalue weighted by Gasteiger charge is 2.20. The second kappa shape index (κ2) is 6.43. The summed E-state index contributed by atoms with van der Waals surface area (Å²) in [6, 6.07) is 9.31. The van der Waals surface area contributed by atoms with Crippen molar-refractivity contribution in [2.75, 3.05) is 6.61 Å². The number of carbonyl (C=O) groups excluding carboxylic acids is 1. The Morgan fingerprint density at radius 1 is 1.08 bits per heavy atom. The number of fused-ring (bicyclic) bond motifs is 1. The van der Waals surface area contributed by atoms with Gasteiger partial charge in [0.2, 0.25) is 0 Å². The van der Waals surface area contributed by atoms with E-state index >= 15 is 0 Å². The smallest absolute Gasteiger partial charge is 0.330 e. The van der Waals surface area contributed by atoms with Crippen LogP contribution < -0.4 is 11.2 Å². The van der Waals surface area contributed by atoms with Crippen LogP contribution in [0, 0.1) is 0 Å². The molecule has 25 heavy (non-hydrogen) atoms. The predicted octanol–water partition coefficient (Wildman–Crippen LogP) is 1.27. The summed E-state index contributed by atoms with van der Waals surface area (Å²) in [4.78, 5) is 36.9. The molecular formula is C18H19N3O4. The van der Waals surface area contributed by atoms with E-state index < -0.39 is 11.7 Å². The van der Waals surface area contributed by atoms with Gasteiger partial charge in [0.25, 0.3) is 5.56 Å². The molecule has 0 N–H and O–H groups in total. The Morgan fingerprint density at radius 3 is 2.40 bits per heavy atom. The van der Waals surface area contributed by atoms with Crippen LogP contribution in [0.5, 0.6) is 0 Å². The summed E-state index contributed by atoms with van der Waals surface area (Å²) in [5, 5.41) is 0.403. The van der Waals surface area contributed by atoms with Crippen LogP contribution in [0.1, 0.15) is 6.92 Å². The molecule has 0 atom stereocenters. The highest BCUT2D eigenvalue weighted by Crippen LogP contribution is 2.27. The van der Waals surface area contributed by atoms with Crippen LogP contribution in [0.4, 0.5) is 0 Å². The molecule has 0 fully saturated rings. The van der Waals surface area contributed by atoms with Crippen molar-refractivity contribution in [2.24, 2.45) is 14.1 Å². The molecule has 0 saturated heterocycles. The van der Waals surface area contributed by atoms with E-state index in [-0.39, 0.29) is 18.7 Å². The largest absolute Gasteiger partial charge is 0.465 e. The van der Waals surface area contributed by atoms with E-state index in [9.17, 15) is 14.4 Å². The van der Waals surface area contributed by atoms with Crippen LogP contribution in [-0.4, -0.2) is 26.3 Å². The van der Waals surface area contributed by atoms with Crippen molar-refractivity contribution in [3.8, 4) is 11.3 Å². The lowest BCUT2D eigenvalue weighted by Gasteiger charge is -2.09. The van der Waals surface area contributed by atoms with Gasteiger partial charge in [-0.2, -0.15) is 0 Å². The van der Waals surface area contributed by atoms with E-state index in [2.05, 4.69) is 0 Å². The van der Waals surface area contributed by atoms with Crippen molar-refractivity contribution < 1.29 is 9.53 Å². The number of nitrogens with zero attached hydrogens (tertiary/aromatic N) is 3. The molecule has 0 aliphatic heterocycles. The quantitative estimate of drug-likeness (QED) is 0.670. The topological polar surface area (TPSA) is 75.2 Å². The summed E-state index contributed by atoms with van der Waals surface area (Å²) in [7, 11) is 3.05. The van der Waals surface area contributed by atoms with Crippen LogP contribution in [0.2, 0.25) is 0 Å². The Balaban J connectivity index is 2.38. The van der Waals surface area contributed by atoms with Gasteiger partial charge in [0.1, 0.15) is 6.54 Å². The molecule has 0 aliphatic carbocycles.